The van der Waals surface area contributed by atoms with Crippen molar-refractivity contribution in [3.8, 4) is 0 Å². The molecule has 1 aromatic rings. The van der Waals surface area contributed by atoms with Crippen LogP contribution in [-0.4, -0.2) is 20.5 Å². The lowest BCUT2D eigenvalue weighted by Gasteiger charge is -2.28. The van der Waals surface area contributed by atoms with E-state index >= 15 is 0 Å². The zero-order valence-electron chi connectivity index (χ0n) is 11.6. The van der Waals surface area contributed by atoms with Crippen LogP contribution in [0.15, 0.2) is 10.3 Å². The third-order valence-corrected chi connectivity index (χ3v) is 7.24. The molecule has 3 N–H and O–H groups in total. The van der Waals surface area contributed by atoms with E-state index in [1.54, 1.807) is 13.0 Å². The highest BCUT2D eigenvalue weighted by Crippen LogP contribution is 2.30. The van der Waals surface area contributed by atoms with Crippen LogP contribution in [0.1, 0.15) is 44.1 Å². The van der Waals surface area contributed by atoms with E-state index in [0.717, 1.165) is 42.6 Å². The van der Waals surface area contributed by atoms with Crippen LogP contribution in [0.4, 0.5) is 0 Å². The van der Waals surface area contributed by atoms with Crippen molar-refractivity contribution in [3.63, 3.8) is 0 Å². The molecule has 1 saturated carbocycles. The molecule has 114 valence electrons. The van der Waals surface area contributed by atoms with Crippen LogP contribution in [0, 0.1) is 6.92 Å². The van der Waals surface area contributed by atoms with E-state index in [0.29, 0.717) is 10.9 Å². The van der Waals surface area contributed by atoms with Crippen LogP contribution in [0.3, 0.4) is 0 Å². The van der Waals surface area contributed by atoms with Crippen LogP contribution in [-0.2, 0) is 10.0 Å². The van der Waals surface area contributed by atoms with Gasteiger partial charge in [-0.2, -0.15) is 0 Å². The first-order valence-electron chi connectivity index (χ1n) is 6.87. The van der Waals surface area contributed by atoms with Crippen molar-refractivity contribution in [2.24, 2.45) is 5.73 Å². The Morgan fingerprint density at radius 3 is 2.45 bits per heavy atom. The maximum atomic E-state index is 12.3. The van der Waals surface area contributed by atoms with Gasteiger partial charge in [0.1, 0.15) is 4.21 Å². The Balaban J connectivity index is 2.05. The summed E-state index contributed by atoms with van der Waals surface area (Å²) in [6.45, 7) is 2.09. The van der Waals surface area contributed by atoms with E-state index in [-0.39, 0.29) is 4.21 Å². The second-order valence-corrected chi connectivity index (χ2v) is 9.27. The number of thiophene rings is 1. The number of hydrogen-bond donors (Lipinski definition) is 2. The fourth-order valence-corrected chi connectivity index (χ4v) is 5.37. The van der Waals surface area contributed by atoms with E-state index in [2.05, 4.69) is 4.72 Å². The lowest BCUT2D eigenvalue weighted by molar-refractivity contribution is 0.369. The molecule has 0 amide bonds. The van der Waals surface area contributed by atoms with E-state index in [1.165, 1.54) is 12.8 Å². The van der Waals surface area contributed by atoms with Gasteiger partial charge in [0.15, 0.2) is 0 Å². The van der Waals surface area contributed by atoms with Gasteiger partial charge < -0.3 is 5.73 Å². The Labute approximate surface area is 129 Å². The molecule has 0 saturated heterocycles. The van der Waals surface area contributed by atoms with Gasteiger partial charge >= 0.3 is 0 Å². The lowest BCUT2D eigenvalue weighted by Crippen LogP contribution is -2.49. The van der Waals surface area contributed by atoms with Crippen molar-refractivity contribution in [2.75, 3.05) is 6.54 Å². The van der Waals surface area contributed by atoms with Crippen molar-refractivity contribution < 1.29 is 8.42 Å². The van der Waals surface area contributed by atoms with Crippen molar-refractivity contribution in [2.45, 2.75) is 55.2 Å². The fraction of sp³-hybridized carbons (Fsp3) is 0.692. The summed E-state index contributed by atoms with van der Waals surface area (Å²) in [5.74, 6) is 0. The number of hydrogen-bond acceptors (Lipinski definition) is 4. The largest absolute Gasteiger partial charge is 0.324 e. The molecule has 20 heavy (non-hydrogen) atoms. The predicted octanol–water partition coefficient (Wildman–Crippen LogP) is 3.04. The second-order valence-electron chi connectivity index (χ2n) is 5.62. The maximum absolute atomic E-state index is 12.3. The van der Waals surface area contributed by atoms with Crippen LogP contribution >= 0.6 is 22.9 Å². The number of sulfonamides is 1. The molecule has 1 aromatic heterocycles. The molecular formula is C13H21ClN2O2S2. The summed E-state index contributed by atoms with van der Waals surface area (Å²) in [5, 5.41) is 0. The lowest BCUT2D eigenvalue weighted by atomic mass is 9.92. The molecule has 0 atom stereocenters. The molecule has 7 heteroatoms. The molecule has 0 unspecified atom stereocenters. The Morgan fingerprint density at radius 1 is 1.35 bits per heavy atom. The quantitative estimate of drug-likeness (QED) is 0.830. The van der Waals surface area contributed by atoms with E-state index in [1.807, 2.05) is 0 Å². The molecule has 0 radical (unpaired) electrons. The molecule has 0 spiro atoms. The molecule has 1 heterocycles. The summed E-state index contributed by atoms with van der Waals surface area (Å²) < 4.78 is 27.9. The van der Waals surface area contributed by atoms with Gasteiger partial charge in [-0.1, -0.05) is 37.3 Å². The predicted molar refractivity (Wildman–Crippen MR) is 83.9 cm³/mol. The van der Waals surface area contributed by atoms with E-state index in [9.17, 15) is 8.42 Å². The average Bonchev–Trinajstić information content (AvgIpc) is 2.61. The molecule has 0 aliphatic heterocycles. The summed E-state index contributed by atoms with van der Waals surface area (Å²) >= 11 is 7.02. The minimum Gasteiger partial charge on any atom is -0.324 e. The van der Waals surface area contributed by atoms with Gasteiger partial charge in [-0.25, -0.2) is 13.1 Å². The topological polar surface area (TPSA) is 72.2 Å². The highest BCUT2D eigenvalue weighted by molar-refractivity contribution is 7.91. The van der Waals surface area contributed by atoms with Gasteiger partial charge in [0, 0.05) is 12.1 Å². The molecule has 0 aromatic carbocycles. The Morgan fingerprint density at radius 2 is 1.95 bits per heavy atom. The van der Waals surface area contributed by atoms with Crippen molar-refractivity contribution >= 4 is 33.0 Å². The third-order valence-electron chi connectivity index (χ3n) is 3.81. The first-order valence-corrected chi connectivity index (χ1v) is 9.55. The Hall–Kier alpha value is -0.140. The highest BCUT2D eigenvalue weighted by Gasteiger charge is 2.29. The Kier molecular flexibility index (Phi) is 5.13. The van der Waals surface area contributed by atoms with Crippen molar-refractivity contribution in [1.29, 1.82) is 0 Å². The number of nitrogens with two attached hydrogens (primary N) is 1. The number of rotatable bonds is 4. The SMILES string of the molecule is Cc1cc(S(=O)(=O)NCC2(N)CCCCCC2)sc1Cl. The normalized spacial score (nSPS) is 19.8. The molecule has 1 aliphatic rings. The molecule has 2 rings (SSSR count). The first-order chi connectivity index (χ1) is 9.32. The Bertz CT molecular complexity index is 541. The monoisotopic (exact) mass is 336 g/mol. The summed E-state index contributed by atoms with van der Waals surface area (Å²) in [7, 11) is -3.51. The van der Waals surface area contributed by atoms with Crippen molar-refractivity contribution in [3.05, 3.63) is 16.0 Å². The summed E-state index contributed by atoms with van der Waals surface area (Å²) in [6.07, 6.45) is 6.26. The zero-order chi connectivity index (χ0) is 14.8. The van der Waals surface area contributed by atoms with Gasteiger partial charge in [0.2, 0.25) is 10.0 Å². The minimum absolute atomic E-state index is 0.261. The van der Waals surface area contributed by atoms with Gasteiger partial charge in [0.05, 0.1) is 4.34 Å². The standard InChI is InChI=1S/C13H21ClN2O2S2/c1-10-8-11(19-12(10)14)20(17,18)16-9-13(15)6-4-2-3-5-7-13/h8,16H,2-7,9,15H2,1H3. The summed E-state index contributed by atoms with van der Waals surface area (Å²) in [6, 6.07) is 1.60. The summed E-state index contributed by atoms with van der Waals surface area (Å²) in [5.41, 5.74) is 6.70. The minimum atomic E-state index is -3.51. The van der Waals surface area contributed by atoms with Crippen LogP contribution in [0.2, 0.25) is 4.34 Å². The van der Waals surface area contributed by atoms with Crippen LogP contribution in [0.5, 0.6) is 0 Å². The molecule has 4 nitrogen and oxygen atoms in total. The van der Waals surface area contributed by atoms with E-state index in [4.69, 9.17) is 17.3 Å². The number of aryl methyl sites for hydroxylation is 1. The molecule has 0 bridgehead atoms. The van der Waals surface area contributed by atoms with E-state index < -0.39 is 15.6 Å². The van der Waals surface area contributed by atoms with Gasteiger partial charge in [-0.3, -0.25) is 0 Å². The molecule has 1 fully saturated rings. The first kappa shape index (κ1) is 16.2. The zero-order valence-corrected chi connectivity index (χ0v) is 14.0. The number of halogens is 1. The maximum Gasteiger partial charge on any atom is 0.250 e. The summed E-state index contributed by atoms with van der Waals surface area (Å²) in [4.78, 5) is 0. The van der Waals surface area contributed by atoms with Gasteiger partial charge in [-0.15, -0.1) is 11.3 Å². The van der Waals surface area contributed by atoms with Crippen LogP contribution in [0.25, 0.3) is 0 Å². The fourth-order valence-electron chi connectivity index (χ4n) is 2.48. The van der Waals surface area contributed by atoms with Gasteiger partial charge in [0.25, 0.3) is 0 Å². The highest BCUT2D eigenvalue weighted by atomic mass is 35.5. The second kappa shape index (κ2) is 6.32. The average molecular weight is 337 g/mol. The van der Waals surface area contributed by atoms with Crippen LogP contribution < -0.4 is 10.5 Å². The molecular weight excluding hydrogens is 316 g/mol. The molecule has 1 aliphatic carbocycles. The smallest absolute Gasteiger partial charge is 0.250 e. The third kappa shape index (κ3) is 3.95. The van der Waals surface area contributed by atoms with Gasteiger partial charge in [-0.05, 0) is 31.4 Å². The number of nitrogens with one attached hydrogen (secondary N) is 1. The van der Waals surface area contributed by atoms with Crippen molar-refractivity contribution in [1.82, 2.24) is 4.72 Å².